The number of anilines is 1. The van der Waals surface area contributed by atoms with E-state index in [1.807, 2.05) is 6.20 Å². The Kier molecular flexibility index (Phi) is 5.33. The van der Waals surface area contributed by atoms with Gasteiger partial charge in [0.05, 0.1) is 17.2 Å². The maximum absolute atomic E-state index is 12.8. The molecule has 1 saturated heterocycles. The average molecular weight is 512 g/mol. The first-order chi connectivity index (χ1) is 16.6. The van der Waals surface area contributed by atoms with Crippen molar-refractivity contribution in [2.45, 2.75) is 56.5 Å². The standard InChI is InChI=1S/C23H28F3N5O3S/c24-23(25,26)34-20-9-14(11-28-21(20)27)17-12-31(22(29-17)13-1-2-13)19-10-18(15-3-4-16(15)19)30-5-7-35(32,33)8-6-30/h9,11-13,15-16,18-19H,1-8,10H2,(H2,27,28)/t15?,16?,18?,19-/m0/s1. The van der Waals surface area contributed by atoms with E-state index in [1.54, 1.807) is 0 Å². The van der Waals surface area contributed by atoms with Crippen molar-refractivity contribution in [2.24, 2.45) is 11.8 Å². The van der Waals surface area contributed by atoms with E-state index < -0.39 is 21.9 Å². The number of imidazole rings is 1. The van der Waals surface area contributed by atoms with E-state index in [0.29, 0.717) is 48.1 Å². The van der Waals surface area contributed by atoms with Crippen molar-refractivity contribution in [3.8, 4) is 17.0 Å². The number of nitrogens with zero attached hydrogens (tertiary/aromatic N) is 4. The summed E-state index contributed by atoms with van der Waals surface area (Å²) in [5.41, 5.74) is 6.60. The van der Waals surface area contributed by atoms with Crippen LogP contribution in [0.2, 0.25) is 0 Å². The molecule has 12 heteroatoms. The zero-order chi connectivity index (χ0) is 24.5. The van der Waals surface area contributed by atoms with Crippen molar-refractivity contribution in [1.82, 2.24) is 19.4 Å². The molecule has 2 aromatic rings. The predicted octanol–water partition coefficient (Wildman–Crippen LogP) is 3.37. The van der Waals surface area contributed by atoms with Gasteiger partial charge in [0.15, 0.2) is 21.4 Å². The Labute approximate surface area is 201 Å². The zero-order valence-electron chi connectivity index (χ0n) is 19.1. The van der Waals surface area contributed by atoms with Gasteiger partial charge in [-0.25, -0.2) is 18.4 Å². The molecule has 4 atom stereocenters. The molecule has 2 aromatic heterocycles. The number of rotatable bonds is 5. The molecule has 3 saturated carbocycles. The molecule has 35 heavy (non-hydrogen) atoms. The number of nitrogen functional groups attached to an aromatic ring is 1. The van der Waals surface area contributed by atoms with Gasteiger partial charge in [0, 0.05) is 49.0 Å². The highest BCUT2D eigenvalue weighted by Gasteiger charge is 2.52. The highest BCUT2D eigenvalue weighted by atomic mass is 32.2. The highest BCUT2D eigenvalue weighted by molar-refractivity contribution is 7.91. The molecule has 3 unspecified atom stereocenters. The van der Waals surface area contributed by atoms with E-state index in [2.05, 4.69) is 19.2 Å². The number of ether oxygens (including phenoxy) is 1. The number of halogens is 3. The number of hydrogen-bond acceptors (Lipinski definition) is 7. The van der Waals surface area contributed by atoms with Crippen LogP contribution in [-0.4, -0.2) is 64.9 Å². The number of pyridine rings is 1. The number of sulfone groups is 1. The fraction of sp³-hybridized carbons (Fsp3) is 0.652. The molecule has 0 spiro atoms. The SMILES string of the molecule is Nc1ncc(-c2cn([C@H]3CC(N4CCS(=O)(=O)CC4)C4CCC43)c(C3CC3)n2)cc1OC(F)(F)F. The Morgan fingerprint density at radius 1 is 1.06 bits per heavy atom. The van der Waals surface area contributed by atoms with Crippen LogP contribution in [0.5, 0.6) is 5.75 Å². The van der Waals surface area contributed by atoms with Crippen LogP contribution in [0.15, 0.2) is 18.5 Å². The van der Waals surface area contributed by atoms with Gasteiger partial charge in [-0.3, -0.25) is 4.90 Å². The molecule has 3 aliphatic carbocycles. The Hall–Kier alpha value is -2.34. The Morgan fingerprint density at radius 2 is 1.74 bits per heavy atom. The quantitative estimate of drug-likeness (QED) is 0.657. The summed E-state index contributed by atoms with van der Waals surface area (Å²) < 4.78 is 68.5. The van der Waals surface area contributed by atoms with Crippen LogP contribution >= 0.6 is 0 Å². The summed E-state index contributed by atoms with van der Waals surface area (Å²) in [4.78, 5) is 11.1. The molecule has 0 aromatic carbocycles. The highest BCUT2D eigenvalue weighted by Crippen LogP contribution is 2.56. The molecule has 0 amide bonds. The van der Waals surface area contributed by atoms with Crippen LogP contribution in [0.25, 0.3) is 11.3 Å². The number of hydrogen-bond donors (Lipinski definition) is 1. The molecule has 6 rings (SSSR count). The minimum atomic E-state index is -4.86. The summed E-state index contributed by atoms with van der Waals surface area (Å²) in [6, 6.07) is 1.86. The second kappa shape index (κ2) is 8.09. The Balaban J connectivity index is 1.29. The lowest BCUT2D eigenvalue weighted by Gasteiger charge is -2.41. The number of fused-ring (bicyclic) bond motifs is 1. The molecule has 4 aliphatic rings. The minimum absolute atomic E-state index is 0.223. The van der Waals surface area contributed by atoms with Crippen LogP contribution in [0.3, 0.4) is 0 Å². The third-order valence-electron chi connectivity index (χ3n) is 8.17. The lowest BCUT2D eigenvalue weighted by atomic mass is 9.73. The summed E-state index contributed by atoms with van der Waals surface area (Å²) in [6.45, 7) is 1.18. The average Bonchev–Trinajstić information content (AvgIpc) is 3.44. The topological polar surface area (TPSA) is 103 Å². The van der Waals surface area contributed by atoms with Crippen LogP contribution in [0, 0.1) is 11.8 Å². The molecule has 0 bridgehead atoms. The van der Waals surface area contributed by atoms with E-state index in [4.69, 9.17) is 10.7 Å². The fourth-order valence-electron chi connectivity index (χ4n) is 6.16. The first-order valence-corrected chi connectivity index (χ1v) is 13.9. The molecular weight excluding hydrogens is 483 g/mol. The lowest BCUT2D eigenvalue weighted by Crippen LogP contribution is -2.49. The van der Waals surface area contributed by atoms with Gasteiger partial charge < -0.3 is 15.0 Å². The zero-order valence-corrected chi connectivity index (χ0v) is 19.9. The molecule has 8 nitrogen and oxygen atoms in total. The minimum Gasteiger partial charge on any atom is -0.402 e. The molecule has 0 radical (unpaired) electrons. The van der Waals surface area contributed by atoms with Gasteiger partial charge in [0.2, 0.25) is 0 Å². The van der Waals surface area contributed by atoms with Gasteiger partial charge in [-0.2, -0.15) is 0 Å². The van der Waals surface area contributed by atoms with Crippen LogP contribution in [0.1, 0.15) is 49.9 Å². The Bertz CT molecular complexity index is 1230. The smallest absolute Gasteiger partial charge is 0.402 e. The van der Waals surface area contributed by atoms with Crippen molar-refractivity contribution < 1.29 is 26.3 Å². The number of alkyl halides is 3. The van der Waals surface area contributed by atoms with Gasteiger partial charge in [-0.1, -0.05) is 0 Å². The molecule has 1 aliphatic heterocycles. The Morgan fingerprint density at radius 3 is 2.37 bits per heavy atom. The monoisotopic (exact) mass is 511 g/mol. The maximum Gasteiger partial charge on any atom is 0.573 e. The van der Waals surface area contributed by atoms with Crippen LogP contribution in [0.4, 0.5) is 19.0 Å². The van der Waals surface area contributed by atoms with Crippen LogP contribution < -0.4 is 10.5 Å². The number of aromatic nitrogens is 3. The second-order valence-electron chi connectivity index (χ2n) is 10.3. The predicted molar refractivity (Wildman–Crippen MR) is 122 cm³/mol. The van der Waals surface area contributed by atoms with Crippen molar-refractivity contribution in [3.63, 3.8) is 0 Å². The van der Waals surface area contributed by atoms with Crippen molar-refractivity contribution in [2.75, 3.05) is 30.3 Å². The van der Waals surface area contributed by atoms with Crippen molar-refractivity contribution >= 4 is 15.7 Å². The van der Waals surface area contributed by atoms with Gasteiger partial charge in [-0.15, -0.1) is 13.2 Å². The summed E-state index contributed by atoms with van der Waals surface area (Å²) in [5.74, 6) is 1.98. The summed E-state index contributed by atoms with van der Waals surface area (Å²) in [7, 11) is -2.93. The molecule has 4 fully saturated rings. The normalized spacial score (nSPS) is 30.6. The third-order valence-corrected chi connectivity index (χ3v) is 9.78. The van der Waals surface area contributed by atoms with Crippen molar-refractivity contribution in [1.29, 1.82) is 0 Å². The van der Waals surface area contributed by atoms with E-state index in [-0.39, 0.29) is 23.4 Å². The van der Waals surface area contributed by atoms with E-state index in [0.717, 1.165) is 37.9 Å². The van der Waals surface area contributed by atoms with Gasteiger partial charge >= 0.3 is 6.36 Å². The molecule has 3 heterocycles. The lowest BCUT2D eigenvalue weighted by molar-refractivity contribution is -0.274. The number of nitrogens with two attached hydrogens (primary N) is 1. The van der Waals surface area contributed by atoms with E-state index >= 15 is 0 Å². The van der Waals surface area contributed by atoms with Crippen LogP contribution in [-0.2, 0) is 9.84 Å². The second-order valence-corrected chi connectivity index (χ2v) is 12.6. The molecular formula is C23H28F3N5O3S. The summed E-state index contributed by atoms with van der Waals surface area (Å²) >= 11 is 0. The maximum atomic E-state index is 12.8. The van der Waals surface area contributed by atoms with E-state index in [9.17, 15) is 21.6 Å². The van der Waals surface area contributed by atoms with Gasteiger partial charge in [-0.05, 0) is 50.0 Å². The largest absolute Gasteiger partial charge is 0.573 e. The van der Waals surface area contributed by atoms with Crippen molar-refractivity contribution in [3.05, 3.63) is 24.3 Å². The van der Waals surface area contributed by atoms with E-state index in [1.165, 1.54) is 12.3 Å². The summed E-state index contributed by atoms with van der Waals surface area (Å²) in [6.07, 6.45) is 3.82. The van der Waals surface area contributed by atoms with Gasteiger partial charge in [0.25, 0.3) is 0 Å². The third kappa shape index (κ3) is 4.39. The molecule has 2 N–H and O–H groups in total. The summed E-state index contributed by atoms with van der Waals surface area (Å²) in [5, 5.41) is 0. The molecule has 190 valence electrons. The van der Waals surface area contributed by atoms with Gasteiger partial charge in [0.1, 0.15) is 5.82 Å². The first-order valence-electron chi connectivity index (χ1n) is 12.1. The first kappa shape index (κ1) is 23.1. The fourth-order valence-corrected chi connectivity index (χ4v) is 7.39.